The van der Waals surface area contributed by atoms with Crippen LogP contribution in [0.25, 0.3) is 0 Å². The molecule has 0 aliphatic heterocycles. The third kappa shape index (κ3) is 5.56. The molecule has 0 fully saturated rings. The van der Waals surface area contributed by atoms with E-state index in [0.29, 0.717) is 0 Å². The minimum atomic E-state index is -1.99. The second kappa shape index (κ2) is 12.2. The van der Waals surface area contributed by atoms with E-state index in [0.717, 1.165) is 0 Å². The maximum absolute atomic E-state index is 2.36. The molecule has 3 rings (SSSR count). The van der Waals surface area contributed by atoms with Crippen molar-refractivity contribution in [1.29, 1.82) is 0 Å². The molecule has 0 amide bonds. The Kier molecular flexibility index (Phi) is 9.96. The molecule has 0 nitrogen and oxygen atoms in total. The van der Waals surface area contributed by atoms with E-state index in [1.165, 1.54) is 60.6 Å². The Morgan fingerprint density at radius 2 is 0.857 bits per heavy atom. The van der Waals surface area contributed by atoms with Crippen LogP contribution in [0.2, 0.25) is 0 Å². The molecular formula is C26H34BrP. The van der Waals surface area contributed by atoms with Gasteiger partial charge in [0.2, 0.25) is 0 Å². The van der Waals surface area contributed by atoms with E-state index in [1.54, 1.807) is 0 Å². The van der Waals surface area contributed by atoms with E-state index in [9.17, 15) is 0 Å². The van der Waals surface area contributed by atoms with Crippen molar-refractivity contribution in [3.05, 3.63) is 91.0 Å². The van der Waals surface area contributed by atoms with E-state index in [2.05, 4.69) is 97.9 Å². The third-order valence-electron chi connectivity index (χ3n) is 5.71. The van der Waals surface area contributed by atoms with Crippen molar-refractivity contribution in [3.63, 3.8) is 0 Å². The molecule has 3 aromatic carbocycles. The number of unbranched alkanes of at least 4 members (excludes halogenated alkanes) is 5. The summed E-state index contributed by atoms with van der Waals surface area (Å²) in [4.78, 5) is 0. The van der Waals surface area contributed by atoms with Crippen LogP contribution in [-0.4, -0.2) is 6.16 Å². The Labute approximate surface area is 182 Å². The van der Waals surface area contributed by atoms with Crippen LogP contribution in [0, 0.1) is 0 Å². The summed E-state index contributed by atoms with van der Waals surface area (Å²) in [5.74, 6) is 0. The molecule has 0 aliphatic rings. The topological polar surface area (TPSA) is 0 Å². The Hall–Kier alpha value is -1.43. The van der Waals surface area contributed by atoms with Gasteiger partial charge in [-0.1, -0.05) is 0 Å². The van der Waals surface area contributed by atoms with Gasteiger partial charge >= 0.3 is 166 Å². The van der Waals surface area contributed by atoms with E-state index >= 15 is 0 Å². The Balaban J connectivity index is 0.00000280. The molecule has 2 heteroatoms. The van der Waals surface area contributed by atoms with Gasteiger partial charge in [0.25, 0.3) is 0 Å². The molecule has 0 N–H and O–H groups in total. The minimum absolute atomic E-state index is 0. The van der Waals surface area contributed by atoms with E-state index in [4.69, 9.17) is 0 Å². The van der Waals surface area contributed by atoms with Gasteiger partial charge in [-0.15, -0.1) is 17.0 Å². The van der Waals surface area contributed by atoms with Crippen molar-refractivity contribution in [3.8, 4) is 0 Å². The molecule has 0 unspecified atom stereocenters. The second-order valence-corrected chi connectivity index (χ2v) is 11.6. The van der Waals surface area contributed by atoms with Gasteiger partial charge < -0.3 is 0 Å². The normalized spacial score (nSPS) is 11.6. The first-order valence-electron chi connectivity index (χ1n) is 10.5. The molecule has 150 valence electrons. The summed E-state index contributed by atoms with van der Waals surface area (Å²) >= 11 is 0. The predicted molar refractivity (Wildman–Crippen MR) is 135 cm³/mol. The number of hydrogen-bond donors (Lipinski definition) is 0. The van der Waals surface area contributed by atoms with Crippen LogP contribution in [0.1, 0.15) is 45.4 Å². The molecule has 0 aromatic heterocycles. The van der Waals surface area contributed by atoms with E-state index in [-0.39, 0.29) is 17.0 Å². The SMILES string of the molecule is Br.CCCCCCCC[PH](c1ccccc1)(c1ccccc1)c1ccccc1. The summed E-state index contributed by atoms with van der Waals surface area (Å²) in [6.07, 6.45) is 9.39. The van der Waals surface area contributed by atoms with Crippen LogP contribution in [0.3, 0.4) is 0 Å². The molecule has 0 saturated heterocycles. The molecule has 0 spiro atoms. The van der Waals surface area contributed by atoms with Crippen LogP contribution in [0.4, 0.5) is 0 Å². The molecule has 0 bridgehead atoms. The molecule has 28 heavy (non-hydrogen) atoms. The van der Waals surface area contributed by atoms with Gasteiger partial charge in [-0.05, 0) is 0 Å². The first kappa shape index (κ1) is 22.9. The molecule has 0 aliphatic carbocycles. The van der Waals surface area contributed by atoms with Gasteiger partial charge in [0.15, 0.2) is 0 Å². The first-order valence-corrected chi connectivity index (χ1v) is 12.7. The van der Waals surface area contributed by atoms with Crippen molar-refractivity contribution < 1.29 is 0 Å². The average Bonchev–Trinajstić information content (AvgIpc) is 2.75. The van der Waals surface area contributed by atoms with Crippen molar-refractivity contribution in [1.82, 2.24) is 0 Å². The predicted octanol–water partition coefficient (Wildman–Crippen LogP) is 6.65. The number of benzene rings is 3. The van der Waals surface area contributed by atoms with Crippen molar-refractivity contribution in [2.75, 3.05) is 6.16 Å². The van der Waals surface area contributed by atoms with Crippen molar-refractivity contribution >= 4 is 40.2 Å². The summed E-state index contributed by atoms with van der Waals surface area (Å²) in [5, 5.41) is 4.61. The zero-order valence-corrected chi connectivity index (χ0v) is 19.7. The summed E-state index contributed by atoms with van der Waals surface area (Å²) in [5.41, 5.74) is 0. The van der Waals surface area contributed by atoms with Gasteiger partial charge in [0.05, 0.1) is 0 Å². The van der Waals surface area contributed by atoms with Gasteiger partial charge in [0, 0.05) is 0 Å². The van der Waals surface area contributed by atoms with Crippen LogP contribution >= 0.6 is 24.2 Å². The van der Waals surface area contributed by atoms with Crippen molar-refractivity contribution in [2.24, 2.45) is 0 Å². The zero-order valence-electron chi connectivity index (χ0n) is 17.0. The van der Waals surface area contributed by atoms with Crippen LogP contribution < -0.4 is 15.9 Å². The Bertz CT molecular complexity index is 675. The van der Waals surface area contributed by atoms with E-state index in [1.807, 2.05) is 0 Å². The molecule has 0 atom stereocenters. The van der Waals surface area contributed by atoms with Gasteiger partial charge in [-0.2, -0.15) is 0 Å². The summed E-state index contributed by atoms with van der Waals surface area (Å²) < 4.78 is 0. The maximum atomic E-state index is 2.36. The van der Waals surface area contributed by atoms with Crippen LogP contribution in [-0.2, 0) is 0 Å². The number of halogens is 1. The molecular weight excluding hydrogens is 423 g/mol. The quantitative estimate of drug-likeness (QED) is 0.236. The first-order chi connectivity index (χ1) is 13.4. The average molecular weight is 457 g/mol. The molecule has 3 aromatic rings. The van der Waals surface area contributed by atoms with Gasteiger partial charge in [-0.25, -0.2) is 0 Å². The van der Waals surface area contributed by atoms with Gasteiger partial charge in [0.1, 0.15) is 0 Å². The second-order valence-electron chi connectivity index (χ2n) is 7.52. The van der Waals surface area contributed by atoms with Crippen LogP contribution in [0.15, 0.2) is 91.0 Å². The number of rotatable bonds is 10. The third-order valence-corrected chi connectivity index (χ3v) is 10.8. The summed E-state index contributed by atoms with van der Waals surface area (Å²) in [6, 6.07) is 33.9. The fraction of sp³-hybridized carbons (Fsp3) is 0.308. The fourth-order valence-electron chi connectivity index (χ4n) is 4.27. The fourth-order valence-corrected chi connectivity index (χ4v) is 9.20. The summed E-state index contributed by atoms with van der Waals surface area (Å²) in [7, 11) is -1.99. The molecule has 0 heterocycles. The molecule has 0 saturated carbocycles. The Morgan fingerprint density at radius 1 is 0.500 bits per heavy atom. The van der Waals surface area contributed by atoms with Crippen molar-refractivity contribution in [2.45, 2.75) is 45.4 Å². The monoisotopic (exact) mass is 456 g/mol. The molecule has 0 radical (unpaired) electrons. The number of hydrogen-bond acceptors (Lipinski definition) is 0. The van der Waals surface area contributed by atoms with Gasteiger partial charge in [-0.3, -0.25) is 0 Å². The van der Waals surface area contributed by atoms with Crippen LogP contribution in [0.5, 0.6) is 0 Å². The standard InChI is InChI=1S/C26H33P.BrH/c1-2-3-4-5-6-16-23-27(24-17-10-7-11-18-24,25-19-12-8-13-20-25)26-21-14-9-15-22-26;/h7-15,17-22,27H,2-6,16,23H2,1H3;1H. The zero-order chi connectivity index (χ0) is 18.8. The Morgan fingerprint density at radius 3 is 1.25 bits per heavy atom. The van der Waals surface area contributed by atoms with E-state index < -0.39 is 7.26 Å². The summed E-state index contributed by atoms with van der Waals surface area (Å²) in [6.45, 7) is 2.29.